The van der Waals surface area contributed by atoms with Gasteiger partial charge in [0.1, 0.15) is 10.6 Å². The normalized spacial score (nSPS) is 22.5. The summed E-state index contributed by atoms with van der Waals surface area (Å²) in [7, 11) is -0.980. The predicted octanol–water partition coefficient (Wildman–Crippen LogP) is 4.19. The lowest BCUT2D eigenvalue weighted by Gasteiger charge is -2.41. The zero-order valence-electron chi connectivity index (χ0n) is 19.0. The van der Waals surface area contributed by atoms with Crippen molar-refractivity contribution in [3.63, 3.8) is 0 Å². The number of hydrogen-bond acceptors (Lipinski definition) is 7. The van der Waals surface area contributed by atoms with E-state index in [0.29, 0.717) is 24.2 Å². The Kier molecular flexibility index (Phi) is 5.98. The van der Waals surface area contributed by atoms with Gasteiger partial charge in [0.2, 0.25) is 0 Å². The van der Waals surface area contributed by atoms with Crippen molar-refractivity contribution < 1.29 is 13.8 Å². The van der Waals surface area contributed by atoms with Crippen molar-refractivity contribution in [3.8, 4) is 11.4 Å². The molecule has 178 valence electrons. The molecule has 33 heavy (non-hydrogen) atoms. The van der Waals surface area contributed by atoms with Gasteiger partial charge >= 0.3 is 0 Å². The van der Waals surface area contributed by atoms with Gasteiger partial charge in [-0.1, -0.05) is 0 Å². The molecule has 0 radical (unpaired) electrons. The predicted molar refractivity (Wildman–Crippen MR) is 137 cm³/mol. The summed E-state index contributed by atoms with van der Waals surface area (Å²) in [6.07, 6.45) is 3.28. The van der Waals surface area contributed by atoms with Gasteiger partial charge in [0.05, 0.1) is 24.9 Å². The van der Waals surface area contributed by atoms with Crippen LogP contribution in [0.3, 0.4) is 0 Å². The van der Waals surface area contributed by atoms with Crippen molar-refractivity contribution >= 4 is 39.4 Å². The van der Waals surface area contributed by atoms with E-state index in [9.17, 15) is 9.11 Å². The van der Waals surface area contributed by atoms with Gasteiger partial charge in [-0.3, -0.25) is 9.11 Å². The Hall–Kier alpha value is -1.98. The molecule has 2 heterocycles. The second-order valence-corrected chi connectivity index (χ2v) is 12.2. The molecule has 1 aromatic carbocycles. The smallest absolute Gasteiger partial charge is 0.170 e. The van der Waals surface area contributed by atoms with Gasteiger partial charge in [0.15, 0.2) is 10.9 Å². The topological polar surface area (TPSA) is 103 Å². The van der Waals surface area contributed by atoms with Gasteiger partial charge in [-0.05, 0) is 69.1 Å². The van der Waals surface area contributed by atoms with Crippen molar-refractivity contribution in [2.75, 3.05) is 37.0 Å². The summed E-state index contributed by atoms with van der Waals surface area (Å²) >= 11 is 5.18. The molecule has 8 nitrogen and oxygen atoms in total. The maximum Gasteiger partial charge on any atom is 0.170 e. The molecule has 1 atom stereocenters. The van der Waals surface area contributed by atoms with Gasteiger partial charge in [0.25, 0.3) is 0 Å². The summed E-state index contributed by atoms with van der Waals surface area (Å²) in [5, 5.41) is 6.57. The van der Waals surface area contributed by atoms with Crippen LogP contribution in [0, 0.1) is 0 Å². The van der Waals surface area contributed by atoms with Crippen LogP contribution in [-0.2, 0) is 9.48 Å². The summed E-state index contributed by atoms with van der Waals surface area (Å²) < 4.78 is 27.3. The van der Waals surface area contributed by atoms with E-state index in [4.69, 9.17) is 26.9 Å². The third-order valence-electron chi connectivity index (χ3n) is 6.74. The molecule has 0 amide bonds. The lowest BCUT2D eigenvalue weighted by molar-refractivity contribution is 0.0985. The maximum atomic E-state index is 11.2. The highest BCUT2D eigenvalue weighted by atomic mass is 32.3. The van der Waals surface area contributed by atoms with Crippen LogP contribution in [0.4, 0.5) is 11.5 Å². The first-order valence-electron chi connectivity index (χ1n) is 11.4. The average molecular weight is 490 g/mol. The van der Waals surface area contributed by atoms with Crippen molar-refractivity contribution in [2.45, 2.75) is 48.6 Å². The molecule has 3 aliphatic rings. The Bertz CT molecular complexity index is 1040. The molecule has 0 spiro atoms. The van der Waals surface area contributed by atoms with Crippen LogP contribution in [0.1, 0.15) is 38.3 Å². The third-order valence-corrected chi connectivity index (χ3v) is 10.2. The summed E-state index contributed by atoms with van der Waals surface area (Å²) in [6.45, 7) is 4.15. The molecule has 4 N–H and O–H groups in total. The Morgan fingerprint density at radius 2 is 1.94 bits per heavy atom. The standard InChI is InChI=1S/C23H31N5O3S2/c1-15-14-31-12-11-28(15)20-13-19(23(9-10-23)33(29,30)18-7-8-18)26-21(27-20)16-3-5-17(6-4-16)25-22(32)24-2/h3-6,13,15,18,29-30H,7-12,14H2,1-2H3,(H2,24,25,32)/t15-/m0/s1. The van der Waals surface area contributed by atoms with Gasteiger partial charge in [-0.15, -0.1) is 0 Å². The van der Waals surface area contributed by atoms with Crippen molar-refractivity contribution in [1.29, 1.82) is 0 Å². The molecule has 5 rings (SSSR count). The number of thiocarbonyl (C=S) groups is 1. The molecule has 1 saturated heterocycles. The minimum absolute atomic E-state index is 0.00514. The minimum Gasteiger partial charge on any atom is -0.377 e. The van der Waals surface area contributed by atoms with Crippen LogP contribution >= 0.6 is 22.8 Å². The molecule has 1 aromatic heterocycles. The molecule has 3 fully saturated rings. The number of hydrogen-bond donors (Lipinski definition) is 4. The number of nitrogens with one attached hydrogen (secondary N) is 2. The van der Waals surface area contributed by atoms with Crippen molar-refractivity contribution in [1.82, 2.24) is 15.3 Å². The highest BCUT2D eigenvalue weighted by Gasteiger charge is 2.61. The van der Waals surface area contributed by atoms with Crippen LogP contribution in [0.5, 0.6) is 0 Å². The Balaban J connectivity index is 1.54. The van der Waals surface area contributed by atoms with E-state index >= 15 is 0 Å². The fourth-order valence-electron chi connectivity index (χ4n) is 4.45. The van der Waals surface area contributed by atoms with Crippen molar-refractivity contribution in [2.24, 2.45) is 0 Å². The number of benzene rings is 1. The van der Waals surface area contributed by atoms with Crippen LogP contribution < -0.4 is 15.5 Å². The van der Waals surface area contributed by atoms with E-state index in [2.05, 4.69) is 22.5 Å². The van der Waals surface area contributed by atoms with Gasteiger partial charge in [0, 0.05) is 36.2 Å². The average Bonchev–Trinajstić information content (AvgIpc) is 3.72. The Labute approximate surface area is 201 Å². The van der Waals surface area contributed by atoms with Crippen molar-refractivity contribution in [3.05, 3.63) is 36.0 Å². The zero-order chi connectivity index (χ0) is 23.2. The zero-order valence-corrected chi connectivity index (χ0v) is 20.6. The van der Waals surface area contributed by atoms with E-state index in [1.165, 1.54) is 0 Å². The van der Waals surface area contributed by atoms with E-state index in [1.807, 2.05) is 30.3 Å². The largest absolute Gasteiger partial charge is 0.377 e. The highest BCUT2D eigenvalue weighted by Crippen LogP contribution is 2.77. The molecule has 2 aromatic rings. The second-order valence-electron chi connectivity index (χ2n) is 9.12. The molecule has 2 saturated carbocycles. The monoisotopic (exact) mass is 489 g/mol. The van der Waals surface area contributed by atoms with Gasteiger partial charge < -0.3 is 20.3 Å². The maximum absolute atomic E-state index is 11.2. The number of morpholine rings is 1. The summed E-state index contributed by atoms with van der Waals surface area (Å²) in [5.41, 5.74) is 2.50. The molecule has 0 unspecified atom stereocenters. The van der Waals surface area contributed by atoms with Gasteiger partial charge in [-0.2, -0.15) is 10.6 Å². The lowest BCUT2D eigenvalue weighted by atomic mass is 10.1. The molecule has 10 heteroatoms. The molecule has 1 aliphatic heterocycles. The highest BCUT2D eigenvalue weighted by molar-refractivity contribution is 8.26. The lowest BCUT2D eigenvalue weighted by Crippen LogP contribution is -2.44. The van der Waals surface area contributed by atoms with E-state index in [-0.39, 0.29) is 11.3 Å². The Morgan fingerprint density at radius 3 is 2.55 bits per heavy atom. The number of aromatic nitrogens is 2. The second kappa shape index (κ2) is 8.66. The number of nitrogens with zero attached hydrogens (tertiary/aromatic N) is 3. The fourth-order valence-corrected chi connectivity index (χ4v) is 7.11. The fraction of sp³-hybridized carbons (Fsp3) is 0.522. The molecular formula is C23H31N5O3S2. The van der Waals surface area contributed by atoms with Crippen LogP contribution in [-0.4, -0.2) is 62.3 Å². The van der Waals surface area contributed by atoms with E-state index in [1.54, 1.807) is 7.05 Å². The van der Waals surface area contributed by atoms with Crippen LogP contribution in [0.15, 0.2) is 30.3 Å². The number of anilines is 2. The number of ether oxygens (including phenoxy) is 1. The number of rotatable bonds is 6. The summed E-state index contributed by atoms with van der Waals surface area (Å²) in [6, 6.07) is 9.97. The first-order valence-corrected chi connectivity index (χ1v) is 13.5. The molecular weight excluding hydrogens is 458 g/mol. The SMILES string of the molecule is CNC(=S)Nc1ccc(-c2nc(N3CCOC[C@@H]3C)cc(C3(S(O)(O)C4CC4)CC3)n2)cc1. The van der Waals surface area contributed by atoms with E-state index in [0.717, 1.165) is 55.0 Å². The van der Waals surface area contributed by atoms with E-state index < -0.39 is 15.3 Å². The molecule has 2 aliphatic carbocycles. The van der Waals surface area contributed by atoms with Gasteiger partial charge in [-0.25, -0.2) is 9.97 Å². The quantitative estimate of drug-likeness (QED) is 0.445. The van der Waals surface area contributed by atoms with Crippen LogP contribution in [0.25, 0.3) is 11.4 Å². The first-order chi connectivity index (χ1) is 15.8. The first kappa shape index (κ1) is 22.8. The third kappa shape index (κ3) is 4.30. The minimum atomic E-state index is -2.76. The summed E-state index contributed by atoms with van der Waals surface area (Å²) in [4.78, 5) is 12.1. The Morgan fingerprint density at radius 1 is 1.21 bits per heavy atom. The van der Waals surface area contributed by atoms with Crippen LogP contribution in [0.2, 0.25) is 0 Å². The summed E-state index contributed by atoms with van der Waals surface area (Å²) in [5.74, 6) is 1.42. The molecule has 0 bridgehead atoms.